The van der Waals surface area contributed by atoms with Crippen molar-refractivity contribution in [2.75, 3.05) is 7.05 Å². The summed E-state index contributed by atoms with van der Waals surface area (Å²) < 4.78 is 11.3. The molecular weight excluding hydrogens is 238 g/mol. The Labute approximate surface area is 114 Å². The fraction of sp³-hybridized carbons (Fsp3) is 0.375. The summed E-state index contributed by atoms with van der Waals surface area (Å²) in [5.41, 5.74) is 2.24. The maximum atomic E-state index is 5.89. The second-order valence-corrected chi connectivity index (χ2v) is 4.92. The van der Waals surface area contributed by atoms with Crippen LogP contribution in [0.2, 0.25) is 0 Å². The van der Waals surface area contributed by atoms with Crippen LogP contribution in [0.15, 0.2) is 41.0 Å². The standard InChI is InChI=1S/C16H21NO2/c1-11(2)19-15-8-6-5-7-14(15)16(17-4)13-9-12(3)18-10-13/h5-11,16-17H,1-4H3. The molecule has 1 aromatic carbocycles. The van der Waals surface area contributed by atoms with E-state index < -0.39 is 0 Å². The first-order valence-electron chi connectivity index (χ1n) is 6.59. The van der Waals surface area contributed by atoms with Gasteiger partial charge in [-0.15, -0.1) is 0 Å². The highest BCUT2D eigenvalue weighted by atomic mass is 16.5. The molecule has 0 saturated heterocycles. The molecule has 3 heteroatoms. The zero-order valence-electron chi connectivity index (χ0n) is 11.9. The summed E-state index contributed by atoms with van der Waals surface area (Å²) >= 11 is 0. The molecule has 2 aromatic rings. The summed E-state index contributed by atoms with van der Waals surface area (Å²) in [4.78, 5) is 0. The third-order valence-corrected chi connectivity index (χ3v) is 2.97. The average molecular weight is 259 g/mol. The van der Waals surface area contributed by atoms with Crippen LogP contribution in [0.1, 0.15) is 36.8 Å². The third kappa shape index (κ3) is 3.18. The number of furan rings is 1. The molecule has 19 heavy (non-hydrogen) atoms. The molecule has 0 aliphatic carbocycles. The SMILES string of the molecule is CNC(c1coc(C)c1)c1ccccc1OC(C)C. The number of ether oxygens (including phenoxy) is 1. The van der Waals surface area contributed by atoms with E-state index in [2.05, 4.69) is 11.4 Å². The van der Waals surface area contributed by atoms with E-state index in [1.807, 2.05) is 52.1 Å². The van der Waals surface area contributed by atoms with Crippen LogP contribution in [0.3, 0.4) is 0 Å². The topological polar surface area (TPSA) is 34.4 Å². The molecule has 0 amide bonds. The highest BCUT2D eigenvalue weighted by Crippen LogP contribution is 2.31. The van der Waals surface area contributed by atoms with Crippen LogP contribution in [-0.2, 0) is 0 Å². The van der Waals surface area contributed by atoms with Gasteiger partial charge in [0.25, 0.3) is 0 Å². The molecule has 0 fully saturated rings. The highest BCUT2D eigenvalue weighted by molar-refractivity contribution is 5.41. The molecule has 0 bridgehead atoms. The van der Waals surface area contributed by atoms with E-state index >= 15 is 0 Å². The molecule has 0 saturated carbocycles. The molecule has 3 nitrogen and oxygen atoms in total. The van der Waals surface area contributed by atoms with Crippen molar-refractivity contribution in [1.82, 2.24) is 5.32 Å². The zero-order chi connectivity index (χ0) is 13.8. The highest BCUT2D eigenvalue weighted by Gasteiger charge is 2.18. The van der Waals surface area contributed by atoms with E-state index in [1.54, 1.807) is 6.26 Å². The molecule has 2 rings (SSSR count). The maximum Gasteiger partial charge on any atom is 0.124 e. The lowest BCUT2D eigenvalue weighted by atomic mass is 10.00. The van der Waals surface area contributed by atoms with Gasteiger partial charge in [-0.25, -0.2) is 0 Å². The lowest BCUT2D eigenvalue weighted by Crippen LogP contribution is -2.19. The van der Waals surface area contributed by atoms with Gasteiger partial charge in [0.2, 0.25) is 0 Å². The first kappa shape index (κ1) is 13.7. The predicted molar refractivity (Wildman–Crippen MR) is 76.6 cm³/mol. The zero-order valence-corrected chi connectivity index (χ0v) is 11.9. The molecule has 1 aromatic heterocycles. The Kier molecular flexibility index (Phi) is 4.27. The summed E-state index contributed by atoms with van der Waals surface area (Å²) in [5.74, 6) is 1.83. The monoisotopic (exact) mass is 259 g/mol. The van der Waals surface area contributed by atoms with Gasteiger partial charge in [0, 0.05) is 11.1 Å². The largest absolute Gasteiger partial charge is 0.491 e. The fourth-order valence-corrected chi connectivity index (χ4v) is 2.20. The Morgan fingerprint density at radius 2 is 1.95 bits per heavy atom. The summed E-state index contributed by atoms with van der Waals surface area (Å²) in [7, 11) is 1.94. The fourth-order valence-electron chi connectivity index (χ4n) is 2.20. The van der Waals surface area contributed by atoms with Crippen molar-refractivity contribution in [1.29, 1.82) is 0 Å². The van der Waals surface area contributed by atoms with E-state index in [1.165, 1.54) is 0 Å². The number of hydrogen-bond donors (Lipinski definition) is 1. The lowest BCUT2D eigenvalue weighted by Gasteiger charge is -2.20. The smallest absolute Gasteiger partial charge is 0.124 e. The number of rotatable bonds is 5. The Balaban J connectivity index is 2.38. The van der Waals surface area contributed by atoms with Crippen LogP contribution in [-0.4, -0.2) is 13.2 Å². The van der Waals surface area contributed by atoms with Crippen LogP contribution >= 0.6 is 0 Å². The van der Waals surface area contributed by atoms with Gasteiger partial charge in [-0.3, -0.25) is 0 Å². The minimum Gasteiger partial charge on any atom is -0.491 e. The van der Waals surface area contributed by atoms with Crippen molar-refractivity contribution in [3.05, 3.63) is 53.5 Å². The lowest BCUT2D eigenvalue weighted by molar-refractivity contribution is 0.238. The Morgan fingerprint density at radius 1 is 1.21 bits per heavy atom. The Morgan fingerprint density at radius 3 is 2.53 bits per heavy atom. The van der Waals surface area contributed by atoms with Crippen molar-refractivity contribution in [2.24, 2.45) is 0 Å². The number of nitrogens with one attached hydrogen (secondary N) is 1. The number of para-hydroxylation sites is 1. The van der Waals surface area contributed by atoms with E-state index in [4.69, 9.17) is 9.15 Å². The first-order chi connectivity index (χ1) is 9.11. The molecule has 0 spiro atoms. The number of hydrogen-bond acceptors (Lipinski definition) is 3. The summed E-state index contributed by atoms with van der Waals surface area (Å²) in [5, 5.41) is 3.32. The van der Waals surface area contributed by atoms with Gasteiger partial charge < -0.3 is 14.5 Å². The van der Waals surface area contributed by atoms with E-state index in [0.29, 0.717) is 0 Å². The van der Waals surface area contributed by atoms with E-state index in [9.17, 15) is 0 Å². The van der Waals surface area contributed by atoms with Crippen molar-refractivity contribution >= 4 is 0 Å². The normalized spacial score (nSPS) is 12.7. The van der Waals surface area contributed by atoms with Crippen LogP contribution in [0.5, 0.6) is 5.75 Å². The molecule has 1 N–H and O–H groups in total. The average Bonchev–Trinajstić information content (AvgIpc) is 2.78. The van der Waals surface area contributed by atoms with Crippen LogP contribution in [0.25, 0.3) is 0 Å². The summed E-state index contributed by atoms with van der Waals surface area (Å²) in [6, 6.07) is 10.2. The van der Waals surface area contributed by atoms with Gasteiger partial charge in [0.15, 0.2) is 0 Å². The molecule has 1 unspecified atom stereocenters. The number of aryl methyl sites for hydroxylation is 1. The van der Waals surface area contributed by atoms with Crippen molar-refractivity contribution in [2.45, 2.75) is 32.9 Å². The summed E-state index contributed by atoms with van der Waals surface area (Å²) in [6.07, 6.45) is 1.95. The van der Waals surface area contributed by atoms with E-state index in [0.717, 1.165) is 22.6 Å². The molecule has 102 valence electrons. The second kappa shape index (κ2) is 5.93. The molecule has 1 heterocycles. The molecular formula is C16H21NO2. The maximum absolute atomic E-state index is 5.89. The van der Waals surface area contributed by atoms with E-state index in [-0.39, 0.29) is 12.1 Å². The van der Waals surface area contributed by atoms with Crippen molar-refractivity contribution in [3.8, 4) is 5.75 Å². The van der Waals surface area contributed by atoms with Crippen LogP contribution < -0.4 is 10.1 Å². The Hall–Kier alpha value is -1.74. The molecule has 0 radical (unpaired) electrons. The van der Waals surface area contributed by atoms with Crippen molar-refractivity contribution < 1.29 is 9.15 Å². The minimum absolute atomic E-state index is 0.0763. The predicted octanol–water partition coefficient (Wildman–Crippen LogP) is 3.68. The molecule has 1 atom stereocenters. The van der Waals surface area contributed by atoms with Gasteiger partial charge in [0.05, 0.1) is 18.4 Å². The van der Waals surface area contributed by atoms with Crippen molar-refractivity contribution in [3.63, 3.8) is 0 Å². The van der Waals surface area contributed by atoms with Crippen LogP contribution in [0, 0.1) is 6.92 Å². The number of benzene rings is 1. The Bertz CT molecular complexity index is 531. The van der Waals surface area contributed by atoms with Gasteiger partial charge in [0.1, 0.15) is 11.5 Å². The molecule has 0 aliphatic rings. The quantitative estimate of drug-likeness (QED) is 0.889. The van der Waals surface area contributed by atoms with Gasteiger partial charge in [-0.1, -0.05) is 18.2 Å². The minimum atomic E-state index is 0.0763. The van der Waals surface area contributed by atoms with Crippen LogP contribution in [0.4, 0.5) is 0 Å². The van der Waals surface area contributed by atoms with Gasteiger partial charge >= 0.3 is 0 Å². The first-order valence-corrected chi connectivity index (χ1v) is 6.59. The third-order valence-electron chi connectivity index (χ3n) is 2.97. The van der Waals surface area contributed by atoms with Gasteiger partial charge in [-0.05, 0) is 40.0 Å². The molecule has 0 aliphatic heterocycles. The van der Waals surface area contributed by atoms with Gasteiger partial charge in [-0.2, -0.15) is 0 Å². The second-order valence-electron chi connectivity index (χ2n) is 4.92. The summed E-state index contributed by atoms with van der Waals surface area (Å²) in [6.45, 7) is 6.02.